The van der Waals surface area contributed by atoms with E-state index in [-0.39, 0.29) is 23.2 Å². The van der Waals surface area contributed by atoms with Crippen molar-refractivity contribution in [2.24, 2.45) is 5.92 Å². The molecule has 0 radical (unpaired) electrons. The van der Waals surface area contributed by atoms with Crippen molar-refractivity contribution in [3.05, 3.63) is 34.6 Å². The van der Waals surface area contributed by atoms with Crippen LogP contribution in [0.4, 0.5) is 4.39 Å². The van der Waals surface area contributed by atoms with E-state index in [4.69, 9.17) is 11.6 Å². The maximum absolute atomic E-state index is 13.8. The van der Waals surface area contributed by atoms with Gasteiger partial charge in [0.05, 0.1) is 0 Å². The molecule has 1 aliphatic rings. The molecule has 2 nitrogen and oxygen atoms in total. The quantitative estimate of drug-likeness (QED) is 0.896. The van der Waals surface area contributed by atoms with E-state index in [1.165, 1.54) is 6.07 Å². The van der Waals surface area contributed by atoms with Crippen LogP contribution in [0.2, 0.25) is 5.02 Å². The Hall–Kier alpha value is -1.09. The fourth-order valence-corrected chi connectivity index (χ4v) is 2.76. The van der Waals surface area contributed by atoms with Crippen LogP contribution in [0.5, 0.6) is 0 Å². The van der Waals surface area contributed by atoms with Gasteiger partial charge in [-0.25, -0.2) is 4.39 Å². The number of benzene rings is 1. The Kier molecular flexibility index (Phi) is 3.62. The molecule has 1 aromatic rings. The summed E-state index contributed by atoms with van der Waals surface area (Å²) in [6.45, 7) is 4.08. The smallest absolute Gasteiger partial charge is 0.220 e. The summed E-state index contributed by atoms with van der Waals surface area (Å²) in [5, 5.41) is 3.43. The summed E-state index contributed by atoms with van der Waals surface area (Å²) in [6, 6.07) is 4.69. The summed E-state index contributed by atoms with van der Waals surface area (Å²) in [5.74, 6) is -0.0283. The van der Waals surface area contributed by atoms with E-state index in [1.807, 2.05) is 13.8 Å². The molecule has 0 aromatic heterocycles. The van der Waals surface area contributed by atoms with Crippen molar-refractivity contribution in [2.75, 3.05) is 0 Å². The topological polar surface area (TPSA) is 29.1 Å². The van der Waals surface area contributed by atoms with Crippen LogP contribution in [0.15, 0.2) is 18.2 Å². The van der Waals surface area contributed by atoms with Crippen molar-refractivity contribution in [2.45, 2.75) is 38.6 Å². The van der Waals surface area contributed by atoms with Crippen LogP contribution in [0.25, 0.3) is 0 Å². The average molecular weight is 270 g/mol. The second kappa shape index (κ2) is 4.88. The van der Waals surface area contributed by atoms with Crippen molar-refractivity contribution >= 4 is 17.5 Å². The fourth-order valence-electron chi connectivity index (χ4n) is 2.53. The predicted molar refractivity (Wildman–Crippen MR) is 70.1 cm³/mol. The van der Waals surface area contributed by atoms with Crippen molar-refractivity contribution in [3.8, 4) is 0 Å². The molecule has 1 fully saturated rings. The predicted octanol–water partition coefficient (Wildman–Crippen LogP) is 3.33. The number of hydrogen-bond donors (Lipinski definition) is 1. The molecule has 1 aromatic carbocycles. The highest BCUT2D eigenvalue weighted by Gasteiger charge is 2.41. The Bertz CT molecular complexity index is 455. The third-order valence-electron chi connectivity index (χ3n) is 3.85. The first-order chi connectivity index (χ1) is 8.44. The Morgan fingerprint density at radius 2 is 2.22 bits per heavy atom. The van der Waals surface area contributed by atoms with E-state index in [9.17, 15) is 9.18 Å². The van der Waals surface area contributed by atoms with Crippen LogP contribution < -0.4 is 5.32 Å². The molecule has 98 valence electrons. The Morgan fingerprint density at radius 1 is 1.50 bits per heavy atom. The maximum atomic E-state index is 13.8. The number of amides is 1. The molecule has 1 amide bonds. The SMILES string of the molecule is CC(C)C1(Cc2c(F)cccc2Cl)CCC(=O)N1. The molecule has 1 atom stereocenters. The molecule has 2 rings (SSSR count). The third kappa shape index (κ3) is 2.37. The highest BCUT2D eigenvalue weighted by atomic mass is 35.5. The van der Waals surface area contributed by atoms with Gasteiger partial charge in [0, 0.05) is 29.0 Å². The molecule has 1 heterocycles. The van der Waals surface area contributed by atoms with Crippen LogP contribution in [0.3, 0.4) is 0 Å². The molecule has 18 heavy (non-hydrogen) atoms. The van der Waals surface area contributed by atoms with Crippen LogP contribution in [-0.2, 0) is 11.2 Å². The van der Waals surface area contributed by atoms with Crippen LogP contribution >= 0.6 is 11.6 Å². The standard InChI is InChI=1S/C14H17ClFNO/c1-9(2)14(7-6-13(18)17-14)8-10-11(15)4-3-5-12(10)16/h3-5,9H,6-8H2,1-2H3,(H,17,18). The van der Waals surface area contributed by atoms with Gasteiger partial charge in [0.25, 0.3) is 0 Å². The third-order valence-corrected chi connectivity index (χ3v) is 4.20. The number of halogens is 2. The van der Waals surface area contributed by atoms with E-state index in [2.05, 4.69) is 5.32 Å². The van der Waals surface area contributed by atoms with E-state index in [0.717, 1.165) is 6.42 Å². The van der Waals surface area contributed by atoms with E-state index < -0.39 is 0 Å². The lowest BCUT2D eigenvalue weighted by Crippen LogP contribution is -2.48. The lowest BCUT2D eigenvalue weighted by atomic mass is 9.79. The zero-order chi connectivity index (χ0) is 13.3. The summed E-state index contributed by atoms with van der Waals surface area (Å²) in [6.07, 6.45) is 1.68. The van der Waals surface area contributed by atoms with Gasteiger partial charge in [0.2, 0.25) is 5.91 Å². The Labute approximate surface area is 112 Å². The first-order valence-corrected chi connectivity index (χ1v) is 6.56. The van der Waals surface area contributed by atoms with Gasteiger partial charge in [-0.2, -0.15) is 0 Å². The van der Waals surface area contributed by atoms with E-state index >= 15 is 0 Å². The molecule has 4 heteroatoms. The molecule has 0 aliphatic carbocycles. The Balaban J connectivity index is 2.33. The summed E-state index contributed by atoms with van der Waals surface area (Å²) in [5.41, 5.74) is 0.123. The minimum absolute atomic E-state index is 0.0381. The van der Waals surface area contributed by atoms with Gasteiger partial charge in [0.1, 0.15) is 5.82 Å². The molecule has 0 saturated carbocycles. The van der Waals surface area contributed by atoms with Gasteiger partial charge in [-0.05, 0) is 24.5 Å². The minimum Gasteiger partial charge on any atom is -0.350 e. The van der Waals surface area contributed by atoms with Gasteiger partial charge in [-0.1, -0.05) is 31.5 Å². The number of nitrogens with one attached hydrogen (secondary N) is 1. The largest absolute Gasteiger partial charge is 0.350 e. The van der Waals surface area contributed by atoms with Crippen LogP contribution in [0, 0.1) is 11.7 Å². The summed E-state index contributed by atoms with van der Waals surface area (Å²) in [7, 11) is 0. The second-order valence-electron chi connectivity index (χ2n) is 5.24. The van der Waals surface area contributed by atoms with Gasteiger partial charge < -0.3 is 5.32 Å². The van der Waals surface area contributed by atoms with Gasteiger partial charge >= 0.3 is 0 Å². The molecular formula is C14H17ClFNO. The van der Waals surface area contributed by atoms with Crippen molar-refractivity contribution in [3.63, 3.8) is 0 Å². The van der Waals surface area contributed by atoms with Gasteiger partial charge in [-0.3, -0.25) is 4.79 Å². The van der Waals surface area contributed by atoms with Crippen molar-refractivity contribution < 1.29 is 9.18 Å². The van der Waals surface area contributed by atoms with Gasteiger partial charge in [0.15, 0.2) is 0 Å². The van der Waals surface area contributed by atoms with Crippen molar-refractivity contribution in [1.29, 1.82) is 0 Å². The number of hydrogen-bond acceptors (Lipinski definition) is 1. The van der Waals surface area contributed by atoms with Gasteiger partial charge in [-0.15, -0.1) is 0 Å². The fraction of sp³-hybridized carbons (Fsp3) is 0.500. The molecule has 0 spiro atoms. The molecule has 1 N–H and O–H groups in total. The van der Waals surface area contributed by atoms with E-state index in [0.29, 0.717) is 23.4 Å². The lowest BCUT2D eigenvalue weighted by molar-refractivity contribution is -0.120. The second-order valence-corrected chi connectivity index (χ2v) is 5.64. The normalized spacial score (nSPS) is 23.5. The van der Waals surface area contributed by atoms with E-state index in [1.54, 1.807) is 12.1 Å². The Morgan fingerprint density at radius 3 is 2.72 bits per heavy atom. The zero-order valence-corrected chi connectivity index (χ0v) is 11.4. The molecule has 1 aliphatic heterocycles. The highest BCUT2D eigenvalue weighted by molar-refractivity contribution is 6.31. The molecule has 0 bridgehead atoms. The maximum Gasteiger partial charge on any atom is 0.220 e. The first-order valence-electron chi connectivity index (χ1n) is 6.18. The number of carbonyl (C=O) groups excluding carboxylic acids is 1. The highest BCUT2D eigenvalue weighted by Crippen LogP contribution is 2.34. The monoisotopic (exact) mass is 269 g/mol. The first kappa shape index (κ1) is 13.3. The number of rotatable bonds is 3. The summed E-state index contributed by atoms with van der Waals surface area (Å²) < 4.78 is 13.8. The van der Waals surface area contributed by atoms with Crippen molar-refractivity contribution in [1.82, 2.24) is 5.32 Å². The number of carbonyl (C=O) groups is 1. The molecule has 1 saturated heterocycles. The summed E-state index contributed by atoms with van der Waals surface area (Å²) >= 11 is 6.06. The zero-order valence-electron chi connectivity index (χ0n) is 10.6. The van der Waals surface area contributed by atoms with Crippen LogP contribution in [-0.4, -0.2) is 11.4 Å². The minimum atomic E-state index is -0.372. The lowest BCUT2D eigenvalue weighted by Gasteiger charge is -2.34. The molecule has 1 unspecified atom stereocenters. The summed E-state index contributed by atoms with van der Waals surface area (Å²) in [4.78, 5) is 11.5. The van der Waals surface area contributed by atoms with Crippen LogP contribution in [0.1, 0.15) is 32.3 Å². The molecular weight excluding hydrogens is 253 g/mol. The average Bonchev–Trinajstić information content (AvgIpc) is 2.67.